The van der Waals surface area contributed by atoms with Gasteiger partial charge in [0.2, 0.25) is 5.76 Å². The van der Waals surface area contributed by atoms with Crippen molar-refractivity contribution in [3.05, 3.63) is 64.5 Å². The Bertz CT molecular complexity index is 1290. The van der Waals surface area contributed by atoms with Crippen LogP contribution in [0.2, 0.25) is 5.02 Å². The third-order valence-corrected chi connectivity index (χ3v) is 6.87. The summed E-state index contributed by atoms with van der Waals surface area (Å²) in [5.74, 6) is -0.0874. The summed E-state index contributed by atoms with van der Waals surface area (Å²) >= 11 is 6.56. The molecule has 1 saturated carbocycles. The third-order valence-electron chi connectivity index (χ3n) is 6.55. The van der Waals surface area contributed by atoms with E-state index in [0.717, 1.165) is 48.3 Å². The first-order chi connectivity index (χ1) is 16.0. The van der Waals surface area contributed by atoms with E-state index in [1.54, 1.807) is 12.1 Å². The summed E-state index contributed by atoms with van der Waals surface area (Å²) in [4.78, 5) is 14.9. The molecule has 0 spiro atoms. The fraction of sp³-hybridized carbons (Fsp3) is 0.280. The van der Waals surface area contributed by atoms with Crippen LogP contribution in [0.15, 0.2) is 47.0 Å². The van der Waals surface area contributed by atoms with Gasteiger partial charge in [0.15, 0.2) is 5.76 Å². The summed E-state index contributed by atoms with van der Waals surface area (Å²) < 4.78 is 5.33. The van der Waals surface area contributed by atoms with Gasteiger partial charge in [-0.3, -0.25) is 4.79 Å². The van der Waals surface area contributed by atoms with Crippen LogP contribution in [0.25, 0.3) is 22.5 Å². The SMILES string of the molecule is O=C1Nc2cc(Cl)c(-c3ccc(N4CC[C@H](O)C4)cc3)cc2C1=C(O)c1cc(C2CC2)no1. The Morgan fingerprint density at radius 2 is 1.91 bits per heavy atom. The second kappa shape index (κ2) is 7.64. The molecular weight excluding hydrogens is 442 g/mol. The van der Waals surface area contributed by atoms with Crippen molar-refractivity contribution >= 4 is 40.2 Å². The zero-order chi connectivity index (χ0) is 22.7. The van der Waals surface area contributed by atoms with Gasteiger partial charge in [0.05, 0.1) is 28.1 Å². The molecule has 3 N–H and O–H groups in total. The quantitative estimate of drug-likeness (QED) is 0.379. The van der Waals surface area contributed by atoms with E-state index < -0.39 is 5.91 Å². The highest BCUT2D eigenvalue weighted by molar-refractivity contribution is 6.38. The van der Waals surface area contributed by atoms with E-state index in [-0.39, 0.29) is 23.2 Å². The molecule has 3 aromatic rings. The van der Waals surface area contributed by atoms with Crippen molar-refractivity contribution in [3.8, 4) is 11.1 Å². The Labute approximate surface area is 195 Å². The Hall–Kier alpha value is -3.29. The minimum Gasteiger partial charge on any atom is -0.504 e. The van der Waals surface area contributed by atoms with Crippen molar-refractivity contribution in [2.45, 2.75) is 31.3 Å². The maximum absolute atomic E-state index is 12.7. The Balaban J connectivity index is 1.37. The molecular formula is C25H22ClN3O4. The molecule has 2 aromatic carbocycles. The lowest BCUT2D eigenvalue weighted by Crippen LogP contribution is -2.20. The number of amides is 1. The number of fused-ring (bicyclic) bond motifs is 1. The van der Waals surface area contributed by atoms with Crippen LogP contribution in [0.1, 0.15) is 42.2 Å². The van der Waals surface area contributed by atoms with Crippen LogP contribution in [0.4, 0.5) is 11.4 Å². The average molecular weight is 464 g/mol. The number of nitrogens with zero attached hydrogens (tertiary/aromatic N) is 2. The molecule has 1 aromatic heterocycles. The van der Waals surface area contributed by atoms with Crippen molar-refractivity contribution in [2.75, 3.05) is 23.3 Å². The number of carbonyl (C=O) groups is 1. The van der Waals surface area contributed by atoms with Gasteiger partial charge < -0.3 is 25.0 Å². The van der Waals surface area contributed by atoms with Crippen LogP contribution in [-0.4, -0.2) is 40.5 Å². The molecule has 0 radical (unpaired) electrons. The molecule has 1 amide bonds. The number of hydrogen-bond acceptors (Lipinski definition) is 6. The number of β-amino-alcohol motifs (C(OH)–C–C–N with tert-alkyl or cyclic N) is 1. The number of aromatic nitrogens is 1. The molecule has 1 aliphatic carbocycles. The van der Waals surface area contributed by atoms with Gasteiger partial charge in [-0.25, -0.2) is 0 Å². The molecule has 2 aliphatic heterocycles. The number of rotatable bonds is 4. The van der Waals surface area contributed by atoms with Crippen molar-refractivity contribution in [3.63, 3.8) is 0 Å². The highest BCUT2D eigenvalue weighted by Crippen LogP contribution is 2.44. The van der Waals surface area contributed by atoms with Crippen molar-refractivity contribution in [1.82, 2.24) is 5.16 Å². The summed E-state index contributed by atoms with van der Waals surface area (Å²) in [6, 6.07) is 13.2. The molecule has 3 heterocycles. The van der Waals surface area contributed by atoms with Gasteiger partial charge in [0.1, 0.15) is 0 Å². The number of aliphatic hydroxyl groups excluding tert-OH is 2. The monoisotopic (exact) mass is 463 g/mol. The number of nitrogens with one attached hydrogen (secondary N) is 1. The van der Waals surface area contributed by atoms with E-state index in [2.05, 4.69) is 15.4 Å². The van der Waals surface area contributed by atoms with Gasteiger partial charge in [-0.05, 0) is 49.1 Å². The number of anilines is 2. The fourth-order valence-electron chi connectivity index (χ4n) is 4.57. The molecule has 33 heavy (non-hydrogen) atoms. The molecule has 6 rings (SSSR count). The number of aliphatic hydroxyl groups is 2. The highest BCUT2D eigenvalue weighted by atomic mass is 35.5. The van der Waals surface area contributed by atoms with E-state index in [1.807, 2.05) is 30.3 Å². The van der Waals surface area contributed by atoms with Crippen LogP contribution in [-0.2, 0) is 4.79 Å². The van der Waals surface area contributed by atoms with Crippen LogP contribution >= 0.6 is 11.6 Å². The highest BCUT2D eigenvalue weighted by Gasteiger charge is 2.33. The molecule has 8 heteroatoms. The van der Waals surface area contributed by atoms with E-state index in [4.69, 9.17) is 16.1 Å². The third kappa shape index (κ3) is 3.57. The van der Waals surface area contributed by atoms with E-state index >= 15 is 0 Å². The lowest BCUT2D eigenvalue weighted by molar-refractivity contribution is -0.110. The lowest BCUT2D eigenvalue weighted by atomic mass is 9.98. The number of hydrogen-bond donors (Lipinski definition) is 3. The van der Waals surface area contributed by atoms with Gasteiger partial charge in [-0.1, -0.05) is 28.9 Å². The summed E-state index contributed by atoms with van der Waals surface area (Å²) in [5, 5.41) is 28.0. The summed E-state index contributed by atoms with van der Waals surface area (Å²) in [6.45, 7) is 1.45. The van der Waals surface area contributed by atoms with E-state index in [9.17, 15) is 15.0 Å². The lowest BCUT2D eigenvalue weighted by Gasteiger charge is -2.18. The Morgan fingerprint density at radius 3 is 2.61 bits per heavy atom. The fourth-order valence-corrected chi connectivity index (χ4v) is 4.84. The van der Waals surface area contributed by atoms with Gasteiger partial charge >= 0.3 is 0 Å². The second-order valence-electron chi connectivity index (χ2n) is 8.88. The molecule has 1 saturated heterocycles. The molecule has 0 bridgehead atoms. The summed E-state index contributed by atoms with van der Waals surface area (Å²) in [5.41, 5.74) is 4.73. The number of carbonyl (C=O) groups excluding carboxylic acids is 1. The smallest absolute Gasteiger partial charge is 0.260 e. The largest absolute Gasteiger partial charge is 0.504 e. The van der Waals surface area contributed by atoms with Gasteiger partial charge in [-0.2, -0.15) is 0 Å². The van der Waals surface area contributed by atoms with Crippen molar-refractivity contribution in [1.29, 1.82) is 0 Å². The first-order valence-corrected chi connectivity index (χ1v) is 11.4. The van der Waals surface area contributed by atoms with Crippen LogP contribution < -0.4 is 10.2 Å². The minimum atomic E-state index is -0.414. The zero-order valence-corrected chi connectivity index (χ0v) is 18.5. The van der Waals surface area contributed by atoms with Crippen molar-refractivity contribution in [2.24, 2.45) is 0 Å². The molecule has 3 aliphatic rings. The summed E-state index contributed by atoms with van der Waals surface area (Å²) in [7, 11) is 0. The number of benzene rings is 2. The Morgan fingerprint density at radius 1 is 1.12 bits per heavy atom. The maximum Gasteiger partial charge on any atom is 0.260 e. The molecule has 168 valence electrons. The summed E-state index contributed by atoms with van der Waals surface area (Å²) in [6.07, 6.45) is 2.60. The van der Waals surface area contributed by atoms with Crippen molar-refractivity contribution < 1.29 is 19.5 Å². The maximum atomic E-state index is 12.7. The Kier molecular flexibility index (Phi) is 4.71. The van der Waals surface area contributed by atoms with Gasteiger partial charge in [0, 0.05) is 41.9 Å². The van der Waals surface area contributed by atoms with Crippen LogP contribution in [0.3, 0.4) is 0 Å². The van der Waals surface area contributed by atoms with Gasteiger partial charge in [-0.15, -0.1) is 0 Å². The number of halogens is 1. The minimum absolute atomic E-state index is 0.143. The molecule has 2 fully saturated rings. The normalized spacial score (nSPS) is 21.3. The average Bonchev–Trinajstić information content (AvgIpc) is 3.22. The predicted molar refractivity (Wildman–Crippen MR) is 126 cm³/mol. The predicted octanol–water partition coefficient (Wildman–Crippen LogP) is 4.82. The molecule has 0 unspecified atom stereocenters. The topological polar surface area (TPSA) is 98.8 Å². The van der Waals surface area contributed by atoms with Gasteiger partial charge in [0.25, 0.3) is 5.91 Å². The standard InChI is InChI=1S/C25H22ClN3O4/c26-19-10-21-18(9-17(19)13-3-5-15(6-4-13)29-8-7-16(30)12-29)23(25(32)27-21)24(31)22-11-20(28-33-22)14-1-2-14/h3-6,9-11,14,16,30-31H,1-2,7-8,12H2,(H,27,32)/t16-/m0/s1. The molecule has 1 atom stereocenters. The second-order valence-corrected chi connectivity index (χ2v) is 9.29. The van der Waals surface area contributed by atoms with Crippen LogP contribution in [0.5, 0.6) is 0 Å². The first kappa shape index (κ1) is 20.3. The van der Waals surface area contributed by atoms with E-state index in [0.29, 0.717) is 28.7 Å². The molecule has 7 nitrogen and oxygen atoms in total. The zero-order valence-electron chi connectivity index (χ0n) is 17.7. The first-order valence-electron chi connectivity index (χ1n) is 11.1. The van der Waals surface area contributed by atoms with Crippen LogP contribution in [0, 0.1) is 0 Å². The van der Waals surface area contributed by atoms with E-state index in [1.165, 1.54) is 0 Å².